The molecule has 0 amide bonds. The van der Waals surface area contributed by atoms with Crippen LogP contribution < -0.4 is 5.32 Å². The van der Waals surface area contributed by atoms with Crippen LogP contribution in [0.5, 0.6) is 0 Å². The van der Waals surface area contributed by atoms with E-state index in [-0.39, 0.29) is 0 Å². The van der Waals surface area contributed by atoms with Crippen molar-refractivity contribution in [3.63, 3.8) is 0 Å². The number of nitrogens with zero attached hydrogens (tertiary/aromatic N) is 1. The van der Waals surface area contributed by atoms with Crippen LogP contribution in [-0.4, -0.2) is 48.8 Å². The largest absolute Gasteiger partial charge is 0.374 e. The van der Waals surface area contributed by atoms with E-state index in [4.69, 9.17) is 4.74 Å². The Bertz CT molecular complexity index is 303. The molecule has 4 atom stereocenters. The summed E-state index contributed by atoms with van der Waals surface area (Å²) in [6.45, 7) is 8.12. The fraction of sp³-hybridized carbons (Fsp3) is 1.00. The molecule has 116 valence electrons. The van der Waals surface area contributed by atoms with Crippen LogP contribution in [0.1, 0.15) is 58.8 Å². The summed E-state index contributed by atoms with van der Waals surface area (Å²) >= 11 is 0. The first-order valence-electron chi connectivity index (χ1n) is 8.85. The monoisotopic (exact) mass is 280 g/mol. The third-order valence-electron chi connectivity index (χ3n) is 5.71. The van der Waals surface area contributed by atoms with Crippen LogP contribution >= 0.6 is 0 Å². The van der Waals surface area contributed by atoms with E-state index in [0.717, 1.165) is 25.0 Å². The molecule has 1 N–H and O–H groups in total. The van der Waals surface area contributed by atoms with Gasteiger partial charge in [0.05, 0.1) is 12.2 Å². The summed E-state index contributed by atoms with van der Waals surface area (Å²) in [6.07, 6.45) is 10.7. The lowest BCUT2D eigenvalue weighted by atomic mass is 9.82. The van der Waals surface area contributed by atoms with E-state index in [9.17, 15) is 0 Å². The van der Waals surface area contributed by atoms with Gasteiger partial charge < -0.3 is 10.1 Å². The van der Waals surface area contributed by atoms with E-state index in [1.807, 2.05) is 0 Å². The first-order valence-corrected chi connectivity index (χ1v) is 8.85. The van der Waals surface area contributed by atoms with Gasteiger partial charge >= 0.3 is 0 Å². The normalized spacial score (nSPS) is 41.1. The number of hydrogen-bond donors (Lipinski definition) is 1. The Morgan fingerprint density at radius 2 is 1.85 bits per heavy atom. The van der Waals surface area contributed by atoms with Crippen molar-refractivity contribution in [2.45, 2.75) is 83.1 Å². The summed E-state index contributed by atoms with van der Waals surface area (Å²) in [6, 6.07) is 1.39. The highest BCUT2D eigenvalue weighted by atomic mass is 16.5. The van der Waals surface area contributed by atoms with Crippen LogP contribution in [0.25, 0.3) is 0 Å². The van der Waals surface area contributed by atoms with E-state index in [2.05, 4.69) is 24.1 Å². The Hall–Kier alpha value is -0.120. The number of piperazine rings is 1. The van der Waals surface area contributed by atoms with E-state index in [1.165, 1.54) is 51.5 Å². The molecule has 2 aliphatic heterocycles. The van der Waals surface area contributed by atoms with Gasteiger partial charge in [-0.25, -0.2) is 0 Å². The summed E-state index contributed by atoms with van der Waals surface area (Å²) in [5, 5.41) is 3.82. The lowest BCUT2D eigenvalue weighted by molar-refractivity contribution is 0.00800. The first-order chi connectivity index (χ1) is 9.72. The zero-order chi connectivity index (χ0) is 13.9. The van der Waals surface area contributed by atoms with Gasteiger partial charge in [0.2, 0.25) is 0 Å². The fourth-order valence-electron chi connectivity index (χ4n) is 4.34. The molecule has 4 unspecified atom stereocenters. The average molecular weight is 280 g/mol. The summed E-state index contributed by atoms with van der Waals surface area (Å²) in [5.74, 6) is 0.919. The molecule has 3 nitrogen and oxygen atoms in total. The van der Waals surface area contributed by atoms with Crippen molar-refractivity contribution in [3.05, 3.63) is 0 Å². The molecule has 3 rings (SSSR count). The maximum absolute atomic E-state index is 6.03. The van der Waals surface area contributed by atoms with Crippen LogP contribution in [0.2, 0.25) is 0 Å². The topological polar surface area (TPSA) is 24.5 Å². The minimum Gasteiger partial charge on any atom is -0.374 e. The summed E-state index contributed by atoms with van der Waals surface area (Å²) < 4.78 is 6.03. The predicted octanol–water partition coefficient (Wildman–Crippen LogP) is 2.80. The van der Waals surface area contributed by atoms with Gasteiger partial charge in [0.25, 0.3) is 0 Å². The molecule has 0 bridgehead atoms. The van der Waals surface area contributed by atoms with Crippen LogP contribution in [0, 0.1) is 5.92 Å². The summed E-state index contributed by atoms with van der Waals surface area (Å²) in [4.78, 5) is 2.69. The van der Waals surface area contributed by atoms with Crippen molar-refractivity contribution in [1.29, 1.82) is 0 Å². The lowest BCUT2D eigenvalue weighted by Gasteiger charge is -2.43. The Morgan fingerprint density at radius 3 is 2.55 bits per heavy atom. The SMILES string of the molecule is CC1CCC(CN2CC(C3CCCCC3)NCC2C)O1. The minimum atomic E-state index is 0.479. The molecule has 20 heavy (non-hydrogen) atoms. The number of nitrogens with one attached hydrogen (secondary N) is 1. The van der Waals surface area contributed by atoms with E-state index in [1.54, 1.807) is 0 Å². The Labute approximate surface area is 124 Å². The molecule has 0 aromatic carbocycles. The van der Waals surface area contributed by atoms with Crippen LogP contribution in [0.15, 0.2) is 0 Å². The molecule has 0 spiro atoms. The molecule has 3 heteroatoms. The van der Waals surface area contributed by atoms with Crippen LogP contribution in [-0.2, 0) is 4.74 Å². The first kappa shape index (κ1) is 14.8. The van der Waals surface area contributed by atoms with E-state index >= 15 is 0 Å². The van der Waals surface area contributed by atoms with Gasteiger partial charge in [0, 0.05) is 31.7 Å². The highest BCUT2D eigenvalue weighted by molar-refractivity contribution is 4.90. The van der Waals surface area contributed by atoms with Crippen molar-refractivity contribution < 1.29 is 4.74 Å². The maximum Gasteiger partial charge on any atom is 0.0706 e. The molecule has 0 aromatic rings. The Morgan fingerprint density at radius 1 is 1.05 bits per heavy atom. The summed E-state index contributed by atoms with van der Waals surface area (Å²) in [5.41, 5.74) is 0. The van der Waals surface area contributed by atoms with Crippen LogP contribution in [0.4, 0.5) is 0 Å². The molecule has 1 saturated carbocycles. The summed E-state index contributed by atoms with van der Waals surface area (Å²) in [7, 11) is 0. The van der Waals surface area contributed by atoms with Gasteiger partial charge in [-0.05, 0) is 45.4 Å². The van der Waals surface area contributed by atoms with Gasteiger partial charge in [-0.15, -0.1) is 0 Å². The van der Waals surface area contributed by atoms with E-state index in [0.29, 0.717) is 18.2 Å². The Balaban J connectivity index is 1.52. The van der Waals surface area contributed by atoms with Crippen LogP contribution in [0.3, 0.4) is 0 Å². The molecule has 3 fully saturated rings. The second kappa shape index (κ2) is 6.76. The van der Waals surface area contributed by atoms with Gasteiger partial charge in [0.1, 0.15) is 0 Å². The molecular formula is C17H32N2O. The Kier molecular flexibility index (Phi) is 5.00. The lowest BCUT2D eigenvalue weighted by Crippen LogP contribution is -2.59. The quantitative estimate of drug-likeness (QED) is 0.860. The highest BCUT2D eigenvalue weighted by Crippen LogP contribution is 2.29. The number of ether oxygens (including phenoxy) is 1. The van der Waals surface area contributed by atoms with Gasteiger partial charge in [-0.2, -0.15) is 0 Å². The van der Waals surface area contributed by atoms with Crippen molar-refractivity contribution in [3.8, 4) is 0 Å². The third kappa shape index (κ3) is 3.55. The smallest absolute Gasteiger partial charge is 0.0706 e. The zero-order valence-electron chi connectivity index (χ0n) is 13.3. The minimum absolute atomic E-state index is 0.479. The fourth-order valence-corrected chi connectivity index (χ4v) is 4.34. The van der Waals surface area contributed by atoms with Crippen molar-refractivity contribution in [2.75, 3.05) is 19.6 Å². The second-order valence-electron chi connectivity index (χ2n) is 7.36. The van der Waals surface area contributed by atoms with E-state index < -0.39 is 0 Å². The molecule has 0 radical (unpaired) electrons. The molecular weight excluding hydrogens is 248 g/mol. The van der Waals surface area contributed by atoms with Crippen molar-refractivity contribution >= 4 is 0 Å². The van der Waals surface area contributed by atoms with Gasteiger partial charge in [0.15, 0.2) is 0 Å². The molecule has 2 saturated heterocycles. The average Bonchev–Trinajstić information content (AvgIpc) is 2.88. The van der Waals surface area contributed by atoms with Crippen molar-refractivity contribution in [1.82, 2.24) is 10.2 Å². The third-order valence-corrected chi connectivity index (χ3v) is 5.71. The molecule has 1 aliphatic carbocycles. The van der Waals surface area contributed by atoms with Gasteiger partial charge in [-0.3, -0.25) is 4.90 Å². The number of rotatable bonds is 3. The molecule has 3 aliphatic rings. The molecule has 2 heterocycles. The van der Waals surface area contributed by atoms with Gasteiger partial charge in [-0.1, -0.05) is 19.3 Å². The zero-order valence-corrected chi connectivity index (χ0v) is 13.3. The maximum atomic E-state index is 6.03. The number of hydrogen-bond acceptors (Lipinski definition) is 3. The standard InChI is InChI=1S/C17H32N2O/c1-13-10-18-17(15-6-4-3-5-7-15)12-19(13)11-16-9-8-14(2)20-16/h13-18H,3-12H2,1-2H3. The predicted molar refractivity (Wildman–Crippen MR) is 83.0 cm³/mol. The molecule has 0 aromatic heterocycles. The van der Waals surface area contributed by atoms with Crippen molar-refractivity contribution in [2.24, 2.45) is 5.92 Å². The second-order valence-corrected chi connectivity index (χ2v) is 7.36. The highest BCUT2D eigenvalue weighted by Gasteiger charge is 2.33.